The molecule has 0 fully saturated rings. The first kappa shape index (κ1) is 23.3. The number of carbonyl (C=O) groups excluding carboxylic acids is 2. The van der Waals surface area contributed by atoms with E-state index in [1.165, 1.54) is 0 Å². The Morgan fingerprint density at radius 2 is 1.12 bits per heavy atom. The van der Waals surface area contributed by atoms with Gasteiger partial charge in [-0.1, -0.05) is 65.7 Å². The van der Waals surface area contributed by atoms with E-state index in [0.717, 1.165) is 38.9 Å². The molecule has 4 nitrogen and oxygen atoms in total. The molecule has 0 aliphatic carbocycles. The Morgan fingerprint density at radius 1 is 0.688 bits per heavy atom. The topological polar surface area (TPSA) is 52.6 Å². The van der Waals surface area contributed by atoms with Crippen LogP contribution >= 0.6 is 0 Å². The van der Waals surface area contributed by atoms with Gasteiger partial charge in [-0.05, 0) is 69.4 Å². The molecule has 0 aliphatic heterocycles. The first-order valence-corrected chi connectivity index (χ1v) is 10.8. The number of esters is 2. The molecule has 0 heterocycles. The Morgan fingerprint density at radius 3 is 1.59 bits per heavy atom. The van der Waals surface area contributed by atoms with Crippen LogP contribution in [-0.4, -0.2) is 18.5 Å². The number of rotatable bonds is 6. The fourth-order valence-corrected chi connectivity index (χ4v) is 4.28. The minimum absolute atomic E-state index is 0.0642. The van der Waals surface area contributed by atoms with Crippen LogP contribution in [0.25, 0.3) is 0 Å². The van der Waals surface area contributed by atoms with Crippen molar-refractivity contribution in [3.05, 3.63) is 105 Å². The number of carbonyl (C=O) groups is 2. The highest BCUT2D eigenvalue weighted by molar-refractivity contribution is 5.93. The van der Waals surface area contributed by atoms with Crippen molar-refractivity contribution in [1.29, 1.82) is 0 Å². The van der Waals surface area contributed by atoms with Crippen LogP contribution in [-0.2, 0) is 9.47 Å². The van der Waals surface area contributed by atoms with E-state index in [1.54, 1.807) is 0 Å². The van der Waals surface area contributed by atoms with Crippen LogP contribution in [0, 0.1) is 41.5 Å². The quantitative estimate of drug-likeness (QED) is 0.431. The third-order valence-electron chi connectivity index (χ3n) is 5.55. The zero-order chi connectivity index (χ0) is 23.4. The molecule has 166 valence electrons. The average Bonchev–Trinajstić information content (AvgIpc) is 2.70. The van der Waals surface area contributed by atoms with Gasteiger partial charge in [0, 0.05) is 0 Å². The summed E-state index contributed by atoms with van der Waals surface area (Å²) in [5, 5.41) is 0. The minimum Gasteiger partial charge on any atom is -0.458 e. The Bertz CT molecular complexity index is 1100. The maximum atomic E-state index is 13.1. The molecule has 0 aromatic heterocycles. The summed E-state index contributed by atoms with van der Waals surface area (Å²) in [7, 11) is 0. The SMILES string of the molecule is Cc1cc(C)c(C(=O)OC[C@H](OC(=O)c2c(C)cc(C)cc2C)c2ccccc2)c(C)c1. The van der Waals surface area contributed by atoms with Crippen LogP contribution in [0.1, 0.15) is 65.8 Å². The molecule has 4 heteroatoms. The second-order valence-electron chi connectivity index (χ2n) is 8.45. The predicted octanol–water partition coefficient (Wildman–Crippen LogP) is 6.29. The van der Waals surface area contributed by atoms with Crippen molar-refractivity contribution in [2.24, 2.45) is 0 Å². The summed E-state index contributed by atoms with van der Waals surface area (Å²) >= 11 is 0. The van der Waals surface area contributed by atoms with E-state index in [4.69, 9.17) is 9.47 Å². The van der Waals surface area contributed by atoms with Crippen molar-refractivity contribution in [2.75, 3.05) is 6.61 Å². The minimum atomic E-state index is -0.709. The highest BCUT2D eigenvalue weighted by Crippen LogP contribution is 2.25. The van der Waals surface area contributed by atoms with E-state index in [2.05, 4.69) is 0 Å². The van der Waals surface area contributed by atoms with E-state index >= 15 is 0 Å². The van der Waals surface area contributed by atoms with Crippen molar-refractivity contribution in [2.45, 2.75) is 47.6 Å². The Labute approximate surface area is 190 Å². The molecule has 32 heavy (non-hydrogen) atoms. The first-order chi connectivity index (χ1) is 15.2. The monoisotopic (exact) mass is 430 g/mol. The van der Waals surface area contributed by atoms with Gasteiger partial charge in [0.25, 0.3) is 0 Å². The van der Waals surface area contributed by atoms with Crippen molar-refractivity contribution >= 4 is 11.9 Å². The van der Waals surface area contributed by atoms with Gasteiger partial charge in [-0.15, -0.1) is 0 Å². The molecule has 0 unspecified atom stereocenters. The molecule has 0 N–H and O–H groups in total. The largest absolute Gasteiger partial charge is 0.458 e. The average molecular weight is 431 g/mol. The molecule has 0 bridgehead atoms. The van der Waals surface area contributed by atoms with Gasteiger partial charge in [0.1, 0.15) is 6.61 Å². The number of hydrogen-bond acceptors (Lipinski definition) is 4. The van der Waals surface area contributed by atoms with E-state index < -0.39 is 18.0 Å². The first-order valence-electron chi connectivity index (χ1n) is 10.8. The molecule has 0 saturated heterocycles. The Hall–Kier alpha value is -3.40. The molecular formula is C28H30O4. The second kappa shape index (κ2) is 9.82. The molecular weight excluding hydrogens is 400 g/mol. The van der Waals surface area contributed by atoms with E-state index in [-0.39, 0.29) is 6.61 Å². The summed E-state index contributed by atoms with van der Waals surface area (Å²) in [4.78, 5) is 26.0. The molecule has 0 radical (unpaired) electrons. The van der Waals surface area contributed by atoms with Gasteiger partial charge in [0.2, 0.25) is 0 Å². The zero-order valence-electron chi connectivity index (χ0n) is 19.6. The van der Waals surface area contributed by atoms with Crippen molar-refractivity contribution < 1.29 is 19.1 Å². The lowest BCUT2D eigenvalue weighted by molar-refractivity contribution is -0.00152. The molecule has 0 spiro atoms. The van der Waals surface area contributed by atoms with Gasteiger partial charge in [-0.25, -0.2) is 9.59 Å². The maximum Gasteiger partial charge on any atom is 0.339 e. The highest BCUT2D eigenvalue weighted by atomic mass is 16.6. The van der Waals surface area contributed by atoms with Gasteiger partial charge < -0.3 is 9.47 Å². The normalized spacial score (nSPS) is 11.7. The van der Waals surface area contributed by atoms with E-state index in [0.29, 0.717) is 11.1 Å². The zero-order valence-corrected chi connectivity index (χ0v) is 19.6. The lowest BCUT2D eigenvalue weighted by atomic mass is 10.00. The Balaban J connectivity index is 1.84. The summed E-state index contributed by atoms with van der Waals surface area (Å²) < 4.78 is 11.5. The summed E-state index contributed by atoms with van der Waals surface area (Å²) in [5.74, 6) is -0.840. The highest BCUT2D eigenvalue weighted by Gasteiger charge is 2.24. The van der Waals surface area contributed by atoms with E-state index in [9.17, 15) is 9.59 Å². The number of benzene rings is 3. The van der Waals surface area contributed by atoms with Crippen LogP contribution in [0.4, 0.5) is 0 Å². The van der Waals surface area contributed by atoms with Crippen molar-refractivity contribution in [3.63, 3.8) is 0 Å². The summed E-state index contributed by atoms with van der Waals surface area (Å²) in [6.07, 6.45) is -0.709. The van der Waals surface area contributed by atoms with Crippen LogP contribution in [0.2, 0.25) is 0 Å². The molecule has 0 saturated carbocycles. The number of aryl methyl sites for hydroxylation is 6. The summed E-state index contributed by atoms with van der Waals surface area (Å²) in [5.41, 5.74) is 7.52. The molecule has 3 aromatic rings. The van der Waals surface area contributed by atoms with Gasteiger partial charge in [-0.2, -0.15) is 0 Å². The number of hydrogen-bond donors (Lipinski definition) is 0. The van der Waals surface area contributed by atoms with Crippen LogP contribution < -0.4 is 0 Å². The molecule has 3 aromatic carbocycles. The standard InChI is InChI=1S/C28H30O4/c1-17-12-19(3)25(20(4)13-17)27(29)31-16-24(23-10-8-7-9-11-23)32-28(30)26-21(5)14-18(2)15-22(26)6/h7-15,24H,16H2,1-6H3/t24-/m0/s1. The molecule has 3 rings (SSSR count). The predicted molar refractivity (Wildman–Crippen MR) is 126 cm³/mol. The molecule has 1 atom stereocenters. The lowest BCUT2D eigenvalue weighted by Crippen LogP contribution is -2.21. The van der Waals surface area contributed by atoms with Crippen molar-refractivity contribution in [3.8, 4) is 0 Å². The lowest BCUT2D eigenvalue weighted by Gasteiger charge is -2.20. The van der Waals surface area contributed by atoms with E-state index in [1.807, 2.05) is 96.1 Å². The van der Waals surface area contributed by atoms with Gasteiger partial charge in [0.05, 0.1) is 11.1 Å². The Kier molecular flexibility index (Phi) is 7.14. The van der Waals surface area contributed by atoms with Crippen molar-refractivity contribution in [1.82, 2.24) is 0 Å². The third-order valence-corrected chi connectivity index (χ3v) is 5.55. The smallest absolute Gasteiger partial charge is 0.339 e. The third kappa shape index (κ3) is 5.25. The van der Waals surface area contributed by atoms with Gasteiger partial charge >= 0.3 is 11.9 Å². The van der Waals surface area contributed by atoms with Crippen LogP contribution in [0.15, 0.2) is 54.6 Å². The molecule has 0 aliphatic rings. The van der Waals surface area contributed by atoms with Crippen LogP contribution in [0.5, 0.6) is 0 Å². The molecule has 0 amide bonds. The van der Waals surface area contributed by atoms with Gasteiger partial charge in [-0.3, -0.25) is 0 Å². The summed E-state index contributed by atoms with van der Waals surface area (Å²) in [6.45, 7) is 11.5. The maximum absolute atomic E-state index is 13.1. The summed E-state index contributed by atoms with van der Waals surface area (Å²) in [6, 6.07) is 17.2. The number of ether oxygens (including phenoxy) is 2. The fourth-order valence-electron chi connectivity index (χ4n) is 4.28. The van der Waals surface area contributed by atoms with Gasteiger partial charge in [0.15, 0.2) is 6.10 Å². The second-order valence-corrected chi connectivity index (χ2v) is 8.45. The fraction of sp³-hybridized carbons (Fsp3) is 0.286. The van der Waals surface area contributed by atoms with Crippen LogP contribution in [0.3, 0.4) is 0 Å².